The fourth-order valence-corrected chi connectivity index (χ4v) is 6.90. The number of aliphatic hydroxyl groups excluding tert-OH is 1. The van der Waals surface area contributed by atoms with E-state index < -0.39 is 28.6 Å². The van der Waals surface area contributed by atoms with E-state index in [4.69, 9.17) is 4.74 Å². The second-order valence-corrected chi connectivity index (χ2v) is 10.9. The molecule has 0 aromatic heterocycles. The topological polar surface area (TPSA) is 104 Å². The molecule has 2 fully saturated rings. The predicted molar refractivity (Wildman–Crippen MR) is 110 cm³/mol. The van der Waals surface area contributed by atoms with E-state index in [0.29, 0.717) is 17.6 Å². The van der Waals surface area contributed by atoms with Crippen LogP contribution in [0.2, 0.25) is 0 Å². The monoisotopic (exact) mass is 418 g/mol. The summed E-state index contributed by atoms with van der Waals surface area (Å²) in [7, 11) is 0. The van der Waals surface area contributed by atoms with Crippen LogP contribution in [0.25, 0.3) is 0 Å². The quantitative estimate of drug-likeness (QED) is 0.479. The molecule has 0 amide bonds. The fourth-order valence-electron chi connectivity index (χ4n) is 6.90. The third kappa shape index (κ3) is 2.41. The first-order chi connectivity index (χ1) is 13.8. The number of hydrogen-bond acceptors (Lipinski definition) is 6. The number of carbonyl (C=O) groups excluding carboxylic acids is 2. The summed E-state index contributed by atoms with van der Waals surface area (Å²) in [5.41, 5.74) is -3.23. The highest BCUT2D eigenvalue weighted by Gasteiger charge is 2.83. The zero-order valence-corrected chi connectivity index (χ0v) is 18.7. The standard InChI is InChI=1S/C24H34O6/c1-12(2)20(27)30-23-9-14(4)24(29)16(18(23)21(23,5)6)8-15(11-25)10-22(28)17(24)7-13(3)19(22)26/h7-8,12,14,16-18,25,28-29H,9-11H2,1-6H3/t14-,16-,17-,18-,22+,23+,24+/m1/s1. The molecule has 30 heavy (non-hydrogen) atoms. The molecule has 6 nitrogen and oxygen atoms in total. The Morgan fingerprint density at radius 1 is 1.27 bits per heavy atom. The van der Waals surface area contributed by atoms with Gasteiger partial charge in [0.25, 0.3) is 0 Å². The van der Waals surface area contributed by atoms with Gasteiger partial charge in [0.05, 0.1) is 18.1 Å². The number of aliphatic hydroxyl groups is 3. The Labute approximate surface area is 178 Å². The van der Waals surface area contributed by atoms with E-state index in [9.17, 15) is 24.9 Å². The molecule has 2 saturated carbocycles. The summed E-state index contributed by atoms with van der Waals surface area (Å²) in [6.45, 7) is 11.0. The van der Waals surface area contributed by atoms with Crippen molar-refractivity contribution in [2.24, 2.45) is 35.0 Å². The van der Waals surface area contributed by atoms with Crippen LogP contribution in [0.5, 0.6) is 0 Å². The molecule has 4 aliphatic carbocycles. The van der Waals surface area contributed by atoms with Crippen molar-refractivity contribution < 1.29 is 29.6 Å². The highest BCUT2D eigenvalue weighted by Crippen LogP contribution is 2.76. The lowest BCUT2D eigenvalue weighted by atomic mass is 9.60. The second kappa shape index (κ2) is 6.27. The number of hydrogen-bond donors (Lipinski definition) is 3. The van der Waals surface area contributed by atoms with Crippen LogP contribution in [0.15, 0.2) is 23.3 Å². The number of rotatable bonds is 3. The third-order valence-electron chi connectivity index (χ3n) is 8.63. The normalized spacial score (nSPS) is 46.3. The van der Waals surface area contributed by atoms with Crippen LogP contribution in [0, 0.1) is 35.0 Å². The van der Waals surface area contributed by atoms with Crippen molar-refractivity contribution in [1.82, 2.24) is 0 Å². The molecule has 7 atom stereocenters. The van der Waals surface area contributed by atoms with Gasteiger partial charge in [-0.25, -0.2) is 0 Å². The Morgan fingerprint density at radius 3 is 2.47 bits per heavy atom. The van der Waals surface area contributed by atoms with E-state index in [0.717, 1.165) is 0 Å². The van der Waals surface area contributed by atoms with Gasteiger partial charge in [-0.15, -0.1) is 0 Å². The molecule has 4 aliphatic rings. The molecule has 0 radical (unpaired) electrons. The average Bonchev–Trinajstić information content (AvgIpc) is 3.06. The highest BCUT2D eigenvalue weighted by atomic mass is 16.6. The lowest BCUT2D eigenvalue weighted by Gasteiger charge is -2.50. The summed E-state index contributed by atoms with van der Waals surface area (Å²) in [6, 6.07) is 0. The van der Waals surface area contributed by atoms with Crippen molar-refractivity contribution in [3.63, 3.8) is 0 Å². The van der Waals surface area contributed by atoms with E-state index in [1.165, 1.54) is 0 Å². The zero-order chi connectivity index (χ0) is 22.4. The van der Waals surface area contributed by atoms with Crippen molar-refractivity contribution in [2.45, 2.75) is 71.2 Å². The van der Waals surface area contributed by atoms with Gasteiger partial charge >= 0.3 is 5.97 Å². The van der Waals surface area contributed by atoms with Gasteiger partial charge in [-0.2, -0.15) is 0 Å². The first-order valence-electron chi connectivity index (χ1n) is 11.0. The summed E-state index contributed by atoms with van der Waals surface area (Å²) in [4.78, 5) is 25.4. The number of ether oxygens (including phenoxy) is 1. The summed E-state index contributed by atoms with van der Waals surface area (Å²) < 4.78 is 6.10. The molecular formula is C24H34O6. The molecule has 3 N–H and O–H groups in total. The maximum Gasteiger partial charge on any atom is 0.308 e. The maximum absolute atomic E-state index is 12.9. The van der Waals surface area contributed by atoms with Crippen LogP contribution >= 0.6 is 0 Å². The molecule has 0 spiro atoms. The molecular weight excluding hydrogens is 384 g/mol. The van der Waals surface area contributed by atoms with Crippen molar-refractivity contribution in [2.75, 3.05) is 6.61 Å². The van der Waals surface area contributed by atoms with Crippen LogP contribution in [-0.4, -0.2) is 50.5 Å². The summed E-state index contributed by atoms with van der Waals surface area (Å²) in [5.74, 6) is -2.62. The maximum atomic E-state index is 12.9. The van der Waals surface area contributed by atoms with E-state index in [1.54, 1.807) is 26.8 Å². The smallest absolute Gasteiger partial charge is 0.308 e. The van der Waals surface area contributed by atoms with E-state index in [2.05, 4.69) is 0 Å². The van der Waals surface area contributed by atoms with Crippen LogP contribution in [0.4, 0.5) is 0 Å². The molecule has 0 unspecified atom stereocenters. The Morgan fingerprint density at radius 2 is 1.90 bits per heavy atom. The average molecular weight is 419 g/mol. The molecule has 0 aliphatic heterocycles. The summed E-state index contributed by atoms with van der Waals surface area (Å²) in [6.07, 6.45) is 4.02. The number of ketones is 1. The minimum absolute atomic E-state index is 0.00169. The Bertz CT molecular complexity index is 869. The van der Waals surface area contributed by atoms with Crippen LogP contribution in [-0.2, 0) is 14.3 Å². The van der Waals surface area contributed by atoms with Crippen LogP contribution in [0.1, 0.15) is 54.4 Å². The van der Waals surface area contributed by atoms with Gasteiger partial charge in [-0.3, -0.25) is 9.59 Å². The molecule has 6 heteroatoms. The lowest BCUT2D eigenvalue weighted by molar-refractivity contribution is -0.188. The zero-order valence-electron chi connectivity index (χ0n) is 18.7. The Kier molecular flexibility index (Phi) is 4.54. The number of carbonyl (C=O) groups is 2. The molecule has 0 aromatic carbocycles. The molecule has 0 bridgehead atoms. The lowest BCUT2D eigenvalue weighted by Crippen LogP contribution is -2.61. The van der Waals surface area contributed by atoms with Gasteiger partial charge in [0.2, 0.25) is 0 Å². The van der Waals surface area contributed by atoms with Crippen molar-refractivity contribution in [3.8, 4) is 0 Å². The van der Waals surface area contributed by atoms with E-state index in [1.807, 2.05) is 26.8 Å². The number of esters is 1. The molecule has 4 rings (SSSR count). The summed E-state index contributed by atoms with van der Waals surface area (Å²) >= 11 is 0. The fraction of sp³-hybridized carbons (Fsp3) is 0.750. The largest absolute Gasteiger partial charge is 0.458 e. The van der Waals surface area contributed by atoms with E-state index >= 15 is 0 Å². The minimum atomic E-state index is -1.76. The molecule has 0 aromatic rings. The third-order valence-corrected chi connectivity index (χ3v) is 8.63. The summed E-state index contributed by atoms with van der Waals surface area (Å²) in [5, 5.41) is 33.6. The van der Waals surface area contributed by atoms with Gasteiger partial charge in [0.1, 0.15) is 11.2 Å². The number of fused-ring (bicyclic) bond motifs is 5. The SMILES string of the molecule is CC1=C[C@H]2[C@]3(O)[C@H](C)C[C@]4(OC(=O)C(C)C)[C@H]([C@H]3C=C(CO)C[C@@]2(O)C1=O)C4(C)C. The van der Waals surface area contributed by atoms with Crippen LogP contribution < -0.4 is 0 Å². The highest BCUT2D eigenvalue weighted by molar-refractivity contribution is 6.04. The molecule has 0 heterocycles. The van der Waals surface area contributed by atoms with Gasteiger partial charge in [-0.1, -0.05) is 46.8 Å². The van der Waals surface area contributed by atoms with Gasteiger partial charge in [0, 0.05) is 29.6 Å². The van der Waals surface area contributed by atoms with Gasteiger partial charge < -0.3 is 20.1 Å². The first-order valence-corrected chi connectivity index (χ1v) is 11.0. The van der Waals surface area contributed by atoms with Crippen molar-refractivity contribution in [1.29, 1.82) is 0 Å². The van der Waals surface area contributed by atoms with Gasteiger partial charge in [0.15, 0.2) is 5.78 Å². The minimum Gasteiger partial charge on any atom is -0.458 e. The van der Waals surface area contributed by atoms with Crippen molar-refractivity contribution in [3.05, 3.63) is 23.3 Å². The molecule has 0 saturated heterocycles. The molecule has 166 valence electrons. The van der Waals surface area contributed by atoms with E-state index in [-0.39, 0.29) is 47.9 Å². The van der Waals surface area contributed by atoms with Crippen LogP contribution in [0.3, 0.4) is 0 Å². The Balaban J connectivity index is 1.86. The second-order valence-electron chi connectivity index (χ2n) is 10.9. The Hall–Kier alpha value is -1.50. The first kappa shape index (κ1) is 21.7. The van der Waals surface area contributed by atoms with Crippen molar-refractivity contribution >= 4 is 11.8 Å². The number of Topliss-reactive ketones (excluding diaryl/α,β-unsaturated/α-hetero) is 1. The predicted octanol–water partition coefficient (Wildman–Crippen LogP) is 2.17. The van der Waals surface area contributed by atoms with Gasteiger partial charge in [-0.05, 0) is 30.4 Å².